The molecule has 1 amide bonds. The maximum absolute atomic E-state index is 12.0. The van der Waals surface area contributed by atoms with Gasteiger partial charge in [0.05, 0.1) is 24.1 Å². The van der Waals surface area contributed by atoms with Gasteiger partial charge in [-0.05, 0) is 6.92 Å². The Hall–Kier alpha value is -2.71. The number of carbonyl (C=O) groups excluding carboxylic acids is 2. The molecular formula is C12H15N3O6. The summed E-state index contributed by atoms with van der Waals surface area (Å²) in [6, 6.07) is 0.905. The molecule has 0 atom stereocenters. The molecule has 0 radical (unpaired) electrons. The van der Waals surface area contributed by atoms with Crippen LogP contribution < -0.4 is 5.56 Å². The number of nitrogens with zero attached hydrogens (tertiary/aromatic N) is 2. The number of esters is 1. The maximum atomic E-state index is 12.0. The van der Waals surface area contributed by atoms with Crippen molar-refractivity contribution in [1.82, 2.24) is 9.88 Å². The van der Waals surface area contributed by atoms with Crippen LogP contribution in [0.2, 0.25) is 0 Å². The van der Waals surface area contributed by atoms with E-state index in [1.165, 1.54) is 7.05 Å². The minimum Gasteiger partial charge on any atom is -0.466 e. The van der Waals surface area contributed by atoms with Crippen LogP contribution in [0.15, 0.2) is 17.1 Å². The lowest BCUT2D eigenvalue weighted by atomic mass is 10.2. The van der Waals surface area contributed by atoms with Crippen LogP contribution in [-0.4, -0.2) is 46.9 Å². The fourth-order valence-corrected chi connectivity index (χ4v) is 1.54. The first kappa shape index (κ1) is 16.3. The van der Waals surface area contributed by atoms with Crippen molar-refractivity contribution in [3.8, 4) is 0 Å². The Bertz CT molecular complexity index is 609. The molecule has 0 saturated heterocycles. The minimum atomic E-state index is -0.728. The van der Waals surface area contributed by atoms with Crippen LogP contribution in [0.3, 0.4) is 0 Å². The van der Waals surface area contributed by atoms with Crippen LogP contribution in [0.25, 0.3) is 0 Å². The van der Waals surface area contributed by atoms with Gasteiger partial charge in [0.1, 0.15) is 5.56 Å². The van der Waals surface area contributed by atoms with E-state index >= 15 is 0 Å². The van der Waals surface area contributed by atoms with E-state index in [9.17, 15) is 24.5 Å². The van der Waals surface area contributed by atoms with Gasteiger partial charge in [-0.25, -0.2) is 0 Å². The first-order valence-corrected chi connectivity index (χ1v) is 6.15. The van der Waals surface area contributed by atoms with Gasteiger partial charge in [-0.1, -0.05) is 0 Å². The zero-order valence-corrected chi connectivity index (χ0v) is 11.6. The summed E-state index contributed by atoms with van der Waals surface area (Å²) in [6.07, 6.45) is 0.890. The molecule has 0 aliphatic carbocycles. The number of pyridine rings is 1. The molecule has 114 valence electrons. The molecule has 0 aliphatic heterocycles. The van der Waals surface area contributed by atoms with Crippen molar-refractivity contribution in [2.24, 2.45) is 0 Å². The summed E-state index contributed by atoms with van der Waals surface area (Å²) in [6.45, 7) is 1.94. The molecule has 9 heteroatoms. The second-order valence-electron chi connectivity index (χ2n) is 4.14. The van der Waals surface area contributed by atoms with Gasteiger partial charge >= 0.3 is 5.97 Å². The SMILES string of the molecule is CCOC(=O)CCN(C)C(=O)c1cc([N+](=O)[O-])c[nH]c1=O. The fraction of sp³-hybridized carbons (Fsp3) is 0.417. The summed E-state index contributed by atoms with van der Waals surface area (Å²) in [7, 11) is 1.39. The van der Waals surface area contributed by atoms with Crippen LogP contribution in [0.4, 0.5) is 5.69 Å². The van der Waals surface area contributed by atoms with Gasteiger partial charge in [-0.3, -0.25) is 24.5 Å². The smallest absolute Gasteiger partial charge is 0.307 e. The summed E-state index contributed by atoms with van der Waals surface area (Å²) < 4.78 is 4.72. The van der Waals surface area contributed by atoms with E-state index in [1.807, 2.05) is 0 Å². The third-order valence-corrected chi connectivity index (χ3v) is 2.63. The summed E-state index contributed by atoms with van der Waals surface area (Å²) in [5, 5.41) is 10.6. The summed E-state index contributed by atoms with van der Waals surface area (Å²) in [4.78, 5) is 48.0. The third-order valence-electron chi connectivity index (χ3n) is 2.63. The van der Waals surface area contributed by atoms with Crippen LogP contribution in [0.1, 0.15) is 23.7 Å². The Kier molecular flexibility index (Phi) is 5.58. The predicted molar refractivity (Wildman–Crippen MR) is 71.9 cm³/mol. The zero-order chi connectivity index (χ0) is 16.0. The van der Waals surface area contributed by atoms with Crippen molar-refractivity contribution in [3.63, 3.8) is 0 Å². The standard InChI is InChI=1S/C12H15N3O6/c1-3-21-10(16)4-5-14(2)12(18)9-6-8(15(19)20)7-13-11(9)17/h6-7H,3-5H2,1-2H3,(H,13,17). The summed E-state index contributed by atoms with van der Waals surface area (Å²) in [5.74, 6) is -1.17. The Morgan fingerprint density at radius 3 is 2.71 bits per heavy atom. The molecule has 1 aromatic rings. The van der Waals surface area contributed by atoms with Gasteiger partial charge < -0.3 is 14.6 Å². The van der Waals surface area contributed by atoms with Crippen LogP contribution in [-0.2, 0) is 9.53 Å². The highest BCUT2D eigenvalue weighted by atomic mass is 16.6. The second kappa shape index (κ2) is 7.17. The molecular weight excluding hydrogens is 282 g/mol. The molecule has 0 fully saturated rings. The van der Waals surface area contributed by atoms with Gasteiger partial charge in [-0.2, -0.15) is 0 Å². The van der Waals surface area contributed by atoms with Gasteiger partial charge in [0.15, 0.2) is 0 Å². The molecule has 1 heterocycles. The predicted octanol–water partition coefficient (Wildman–Crippen LogP) is 0.308. The second-order valence-corrected chi connectivity index (χ2v) is 4.14. The zero-order valence-electron chi connectivity index (χ0n) is 11.6. The fourth-order valence-electron chi connectivity index (χ4n) is 1.54. The monoisotopic (exact) mass is 297 g/mol. The quantitative estimate of drug-likeness (QED) is 0.458. The number of nitro groups is 1. The first-order valence-electron chi connectivity index (χ1n) is 6.15. The molecule has 0 aliphatic rings. The highest BCUT2D eigenvalue weighted by molar-refractivity contribution is 5.94. The number of aromatic amines is 1. The van der Waals surface area contributed by atoms with E-state index in [2.05, 4.69) is 4.98 Å². The van der Waals surface area contributed by atoms with Crippen molar-refractivity contribution < 1.29 is 19.2 Å². The van der Waals surface area contributed by atoms with Crippen LogP contribution >= 0.6 is 0 Å². The van der Waals surface area contributed by atoms with Crippen molar-refractivity contribution in [2.45, 2.75) is 13.3 Å². The Balaban J connectivity index is 2.83. The molecule has 0 saturated carbocycles. The summed E-state index contributed by atoms with van der Waals surface area (Å²) >= 11 is 0. The third kappa shape index (κ3) is 4.41. The van der Waals surface area contributed by atoms with E-state index in [0.29, 0.717) is 0 Å². The van der Waals surface area contributed by atoms with Crippen molar-refractivity contribution in [3.05, 3.63) is 38.3 Å². The number of aromatic nitrogens is 1. The van der Waals surface area contributed by atoms with Gasteiger partial charge in [-0.15, -0.1) is 0 Å². The number of hydrogen-bond acceptors (Lipinski definition) is 6. The van der Waals surface area contributed by atoms with E-state index in [1.54, 1.807) is 6.92 Å². The number of amides is 1. The molecule has 0 unspecified atom stereocenters. The van der Waals surface area contributed by atoms with Crippen LogP contribution in [0.5, 0.6) is 0 Å². The average Bonchev–Trinajstić information content (AvgIpc) is 2.44. The Morgan fingerprint density at radius 2 is 2.14 bits per heavy atom. The minimum absolute atomic E-state index is 0.0249. The lowest BCUT2D eigenvalue weighted by Gasteiger charge is -2.15. The molecule has 0 bridgehead atoms. The molecule has 1 aromatic heterocycles. The maximum Gasteiger partial charge on any atom is 0.307 e. The highest BCUT2D eigenvalue weighted by Gasteiger charge is 2.20. The first-order chi connectivity index (χ1) is 9.86. The van der Waals surface area contributed by atoms with E-state index in [-0.39, 0.29) is 25.1 Å². The molecule has 1 N–H and O–H groups in total. The van der Waals surface area contributed by atoms with Crippen molar-refractivity contribution >= 4 is 17.6 Å². The molecule has 1 rings (SSSR count). The molecule has 0 aromatic carbocycles. The van der Waals surface area contributed by atoms with Crippen molar-refractivity contribution in [2.75, 3.05) is 20.2 Å². The molecule has 0 spiro atoms. The summed E-state index contributed by atoms with van der Waals surface area (Å²) in [5.41, 5.74) is -1.47. The lowest BCUT2D eigenvalue weighted by molar-refractivity contribution is -0.385. The highest BCUT2D eigenvalue weighted by Crippen LogP contribution is 2.09. The number of hydrogen-bond donors (Lipinski definition) is 1. The van der Waals surface area contributed by atoms with Gasteiger partial charge in [0.25, 0.3) is 17.2 Å². The van der Waals surface area contributed by atoms with Crippen LogP contribution in [0, 0.1) is 10.1 Å². The topological polar surface area (TPSA) is 123 Å². The van der Waals surface area contributed by atoms with E-state index in [4.69, 9.17) is 4.74 Å². The van der Waals surface area contributed by atoms with Gasteiger partial charge in [0, 0.05) is 19.7 Å². The normalized spacial score (nSPS) is 10.0. The van der Waals surface area contributed by atoms with Gasteiger partial charge in [0.2, 0.25) is 0 Å². The Labute approximate surface area is 119 Å². The lowest BCUT2D eigenvalue weighted by Crippen LogP contribution is -2.33. The largest absolute Gasteiger partial charge is 0.466 e. The number of rotatable bonds is 6. The number of ether oxygens (including phenoxy) is 1. The molecule has 21 heavy (non-hydrogen) atoms. The number of nitrogens with one attached hydrogen (secondary N) is 1. The van der Waals surface area contributed by atoms with Crippen molar-refractivity contribution in [1.29, 1.82) is 0 Å². The van der Waals surface area contributed by atoms with E-state index < -0.39 is 28.0 Å². The molecule has 9 nitrogen and oxygen atoms in total. The number of H-pyrrole nitrogens is 1. The van der Waals surface area contributed by atoms with E-state index in [0.717, 1.165) is 17.2 Å². The Morgan fingerprint density at radius 1 is 1.48 bits per heavy atom. The average molecular weight is 297 g/mol. The number of carbonyl (C=O) groups is 2.